The maximum atomic E-state index is 5.45. The molecule has 5 heteroatoms. The molecule has 0 spiro atoms. The van der Waals surface area contributed by atoms with E-state index in [9.17, 15) is 0 Å². The number of hydrogen-bond acceptors (Lipinski definition) is 2. The highest BCUT2D eigenvalue weighted by atomic mass is 79.9. The molecule has 0 bridgehead atoms. The lowest BCUT2D eigenvalue weighted by atomic mass is 10.0. The van der Waals surface area contributed by atoms with Crippen molar-refractivity contribution < 1.29 is 0 Å². The van der Waals surface area contributed by atoms with Crippen molar-refractivity contribution in [1.82, 2.24) is 5.43 Å². The molecule has 0 radical (unpaired) electrons. The molecule has 20 heavy (non-hydrogen) atoms. The van der Waals surface area contributed by atoms with Gasteiger partial charge in [0, 0.05) is 15.6 Å². The second-order valence-corrected chi connectivity index (χ2v) is 5.66. The summed E-state index contributed by atoms with van der Waals surface area (Å²) in [5, 5.41) is 4.45. The Balaban J connectivity index is 2.44. The zero-order valence-electron chi connectivity index (χ0n) is 10.9. The first-order valence-corrected chi connectivity index (χ1v) is 7.22. The highest BCUT2D eigenvalue weighted by Crippen LogP contribution is 2.15. The molecule has 2 aromatic carbocycles. The van der Waals surface area contributed by atoms with Crippen LogP contribution in [-0.4, -0.2) is 10.8 Å². The number of rotatable bonds is 3. The highest BCUT2D eigenvalue weighted by Gasteiger charge is 2.07. The van der Waals surface area contributed by atoms with Crippen LogP contribution in [0, 0.1) is 6.92 Å². The zero-order valence-corrected chi connectivity index (χ0v) is 13.3. The van der Waals surface area contributed by atoms with E-state index in [0.717, 1.165) is 21.3 Å². The van der Waals surface area contributed by atoms with E-state index < -0.39 is 0 Å². The van der Waals surface area contributed by atoms with Crippen LogP contribution in [0.1, 0.15) is 16.7 Å². The van der Waals surface area contributed by atoms with Crippen LogP contribution in [0.5, 0.6) is 0 Å². The second-order valence-electron chi connectivity index (χ2n) is 4.31. The van der Waals surface area contributed by atoms with Gasteiger partial charge in [0.05, 0.1) is 5.71 Å². The van der Waals surface area contributed by atoms with E-state index in [1.54, 1.807) is 0 Å². The van der Waals surface area contributed by atoms with Gasteiger partial charge in [-0.25, -0.2) is 0 Å². The van der Waals surface area contributed by atoms with E-state index in [0.29, 0.717) is 0 Å². The van der Waals surface area contributed by atoms with Crippen LogP contribution in [0.4, 0.5) is 0 Å². The Morgan fingerprint density at radius 1 is 1.05 bits per heavy atom. The van der Waals surface area contributed by atoms with Crippen LogP contribution in [0.2, 0.25) is 0 Å². The summed E-state index contributed by atoms with van der Waals surface area (Å²) in [7, 11) is 0. The van der Waals surface area contributed by atoms with Gasteiger partial charge in [-0.05, 0) is 31.3 Å². The van der Waals surface area contributed by atoms with Gasteiger partial charge in [-0.3, -0.25) is 5.43 Å². The Hall–Kier alpha value is -1.72. The Kier molecular flexibility index (Phi) is 4.87. The molecule has 0 aromatic heterocycles. The van der Waals surface area contributed by atoms with Crippen molar-refractivity contribution in [3.8, 4) is 0 Å². The van der Waals surface area contributed by atoms with E-state index in [-0.39, 0.29) is 5.11 Å². The molecule has 0 fully saturated rings. The van der Waals surface area contributed by atoms with Crippen LogP contribution in [0.3, 0.4) is 0 Å². The summed E-state index contributed by atoms with van der Waals surface area (Å²) in [6.07, 6.45) is 0. The van der Waals surface area contributed by atoms with Gasteiger partial charge < -0.3 is 5.73 Å². The summed E-state index contributed by atoms with van der Waals surface area (Å²) in [6, 6.07) is 16.1. The summed E-state index contributed by atoms with van der Waals surface area (Å²) in [5.41, 5.74) is 12.1. The Morgan fingerprint density at radius 3 is 2.05 bits per heavy atom. The number of hydrogen-bond donors (Lipinski definition) is 2. The van der Waals surface area contributed by atoms with Crippen LogP contribution in [0.25, 0.3) is 0 Å². The molecule has 2 rings (SSSR count). The van der Waals surface area contributed by atoms with Crippen LogP contribution in [-0.2, 0) is 0 Å². The summed E-state index contributed by atoms with van der Waals surface area (Å²) in [6.45, 7) is 2.05. The molecule has 2 aromatic rings. The lowest BCUT2D eigenvalue weighted by Gasteiger charge is -2.08. The van der Waals surface area contributed by atoms with Gasteiger partial charge in [0.15, 0.2) is 5.11 Å². The zero-order chi connectivity index (χ0) is 14.5. The minimum absolute atomic E-state index is 0.145. The molecule has 0 unspecified atom stereocenters. The standard InChI is InChI=1S/C15H14BrN3S/c1-10-2-4-11(5-3-10)14(18-19-15(17)20)12-6-8-13(16)9-7-12/h2-9H,1H3,(H3,17,19,20)/b18-14+. The van der Waals surface area contributed by atoms with Gasteiger partial charge in [0.2, 0.25) is 0 Å². The second kappa shape index (κ2) is 6.63. The lowest BCUT2D eigenvalue weighted by molar-refractivity contribution is 1.03. The van der Waals surface area contributed by atoms with E-state index in [4.69, 9.17) is 18.0 Å². The predicted molar refractivity (Wildman–Crippen MR) is 90.9 cm³/mol. The first-order valence-electron chi connectivity index (χ1n) is 6.02. The van der Waals surface area contributed by atoms with Gasteiger partial charge in [0.25, 0.3) is 0 Å². The van der Waals surface area contributed by atoms with Crippen molar-refractivity contribution in [3.05, 3.63) is 69.7 Å². The number of nitrogens with zero attached hydrogens (tertiary/aromatic N) is 1. The van der Waals surface area contributed by atoms with E-state index in [1.807, 2.05) is 55.5 Å². The first-order chi connectivity index (χ1) is 9.56. The van der Waals surface area contributed by atoms with Gasteiger partial charge in [-0.15, -0.1) is 0 Å². The maximum Gasteiger partial charge on any atom is 0.184 e. The van der Waals surface area contributed by atoms with Crippen molar-refractivity contribution in [2.45, 2.75) is 6.92 Å². The smallest absolute Gasteiger partial charge is 0.184 e. The largest absolute Gasteiger partial charge is 0.375 e. The van der Waals surface area contributed by atoms with Gasteiger partial charge in [-0.1, -0.05) is 57.9 Å². The molecular formula is C15H14BrN3S. The molecule has 102 valence electrons. The van der Waals surface area contributed by atoms with Crippen LogP contribution >= 0.6 is 28.1 Å². The predicted octanol–water partition coefficient (Wildman–Crippen LogP) is 3.34. The number of halogens is 1. The third-order valence-corrected chi connectivity index (χ3v) is 3.34. The van der Waals surface area contributed by atoms with Crippen LogP contribution < -0.4 is 11.2 Å². The fourth-order valence-corrected chi connectivity index (χ4v) is 2.04. The number of aryl methyl sites for hydroxylation is 1. The molecule has 0 saturated carbocycles. The van der Waals surface area contributed by atoms with Crippen LogP contribution in [0.15, 0.2) is 58.1 Å². The summed E-state index contributed by atoms with van der Waals surface area (Å²) in [4.78, 5) is 0. The van der Waals surface area contributed by atoms with Crippen molar-refractivity contribution in [2.24, 2.45) is 10.8 Å². The molecule has 0 saturated heterocycles. The summed E-state index contributed by atoms with van der Waals surface area (Å²) < 4.78 is 1.02. The van der Waals surface area contributed by atoms with Crippen molar-refractivity contribution in [3.63, 3.8) is 0 Å². The van der Waals surface area contributed by atoms with E-state index in [2.05, 4.69) is 26.5 Å². The molecule has 0 heterocycles. The Morgan fingerprint density at radius 2 is 1.55 bits per heavy atom. The Bertz CT molecular complexity index is 586. The summed E-state index contributed by atoms with van der Waals surface area (Å²) in [5.74, 6) is 0. The van der Waals surface area contributed by atoms with Crippen molar-refractivity contribution in [1.29, 1.82) is 0 Å². The maximum absolute atomic E-state index is 5.45. The molecule has 0 aliphatic heterocycles. The van der Waals surface area contributed by atoms with E-state index >= 15 is 0 Å². The average Bonchev–Trinajstić information content (AvgIpc) is 2.42. The monoisotopic (exact) mass is 347 g/mol. The lowest BCUT2D eigenvalue weighted by Crippen LogP contribution is -2.26. The van der Waals surface area contributed by atoms with Gasteiger partial charge >= 0.3 is 0 Å². The Labute approximate surface area is 132 Å². The third kappa shape index (κ3) is 3.88. The fourth-order valence-electron chi connectivity index (χ4n) is 1.73. The molecular weight excluding hydrogens is 334 g/mol. The normalized spacial score (nSPS) is 11.2. The fraction of sp³-hybridized carbons (Fsp3) is 0.0667. The molecule has 3 N–H and O–H groups in total. The minimum Gasteiger partial charge on any atom is -0.375 e. The number of nitrogens with one attached hydrogen (secondary N) is 1. The van der Waals surface area contributed by atoms with Gasteiger partial charge in [-0.2, -0.15) is 5.10 Å². The minimum atomic E-state index is 0.145. The van der Waals surface area contributed by atoms with Gasteiger partial charge in [0.1, 0.15) is 0 Å². The number of nitrogens with two attached hydrogens (primary N) is 1. The van der Waals surface area contributed by atoms with Crippen molar-refractivity contribution >= 4 is 39.0 Å². The quantitative estimate of drug-likeness (QED) is 0.508. The molecule has 0 aliphatic carbocycles. The third-order valence-electron chi connectivity index (χ3n) is 2.72. The van der Waals surface area contributed by atoms with Crippen molar-refractivity contribution in [2.75, 3.05) is 0 Å². The molecule has 0 amide bonds. The average molecular weight is 348 g/mol. The number of thiocarbonyl (C=S) groups is 1. The summed E-state index contributed by atoms with van der Waals surface area (Å²) >= 11 is 8.23. The number of hydrazone groups is 1. The molecule has 0 aliphatic rings. The van der Waals surface area contributed by atoms with E-state index in [1.165, 1.54) is 5.56 Å². The topological polar surface area (TPSA) is 50.4 Å². The first kappa shape index (κ1) is 14.7. The highest BCUT2D eigenvalue weighted by molar-refractivity contribution is 9.10. The molecule has 3 nitrogen and oxygen atoms in total. The SMILES string of the molecule is Cc1ccc(/C(=N\NC(N)=S)c2ccc(Br)cc2)cc1. The number of benzene rings is 2. The molecule has 0 atom stereocenters.